The summed E-state index contributed by atoms with van der Waals surface area (Å²) in [5, 5.41) is 3.96. The molecule has 0 saturated carbocycles. The highest BCUT2D eigenvalue weighted by atomic mass is 16.5. The summed E-state index contributed by atoms with van der Waals surface area (Å²) < 4.78 is 11.0. The molecule has 0 aromatic heterocycles. The van der Waals surface area contributed by atoms with Gasteiger partial charge in [0.15, 0.2) is 6.61 Å². The molecule has 0 aliphatic carbocycles. The molecule has 1 unspecified atom stereocenters. The monoisotopic (exact) mass is 354 g/mol. The van der Waals surface area contributed by atoms with E-state index in [1.165, 1.54) is 0 Å². The predicted octanol–water partition coefficient (Wildman–Crippen LogP) is 4.13. The van der Waals surface area contributed by atoms with Crippen molar-refractivity contribution >= 4 is 12.1 Å². The van der Waals surface area contributed by atoms with E-state index in [1.807, 2.05) is 55.5 Å². The number of carbonyl (C=O) groups is 1. The van der Waals surface area contributed by atoms with E-state index in [1.54, 1.807) is 6.21 Å². The van der Waals surface area contributed by atoms with E-state index < -0.39 is 0 Å². The molecule has 138 valence electrons. The summed E-state index contributed by atoms with van der Waals surface area (Å²) in [6, 6.07) is 15.3. The lowest BCUT2D eigenvalue weighted by Crippen LogP contribution is -2.24. The summed E-state index contributed by atoms with van der Waals surface area (Å²) in [4.78, 5) is 11.9. The first kappa shape index (κ1) is 19.5. The molecule has 26 heavy (non-hydrogen) atoms. The summed E-state index contributed by atoms with van der Waals surface area (Å²) >= 11 is 0. The van der Waals surface area contributed by atoms with Crippen LogP contribution in [0.2, 0.25) is 0 Å². The Bertz CT molecular complexity index is 726. The molecular weight excluding hydrogens is 328 g/mol. The van der Waals surface area contributed by atoms with Crippen molar-refractivity contribution < 1.29 is 14.3 Å². The second kappa shape index (κ2) is 10.2. The van der Waals surface area contributed by atoms with Crippen molar-refractivity contribution in [1.82, 2.24) is 5.43 Å². The van der Waals surface area contributed by atoms with Crippen molar-refractivity contribution in [2.45, 2.75) is 33.1 Å². The number of nitrogens with zero attached hydrogens (tertiary/aromatic N) is 1. The normalized spacial score (nSPS) is 12.0. The maximum absolute atomic E-state index is 11.9. The molecule has 1 amide bonds. The van der Waals surface area contributed by atoms with Gasteiger partial charge < -0.3 is 9.47 Å². The van der Waals surface area contributed by atoms with Gasteiger partial charge >= 0.3 is 0 Å². The van der Waals surface area contributed by atoms with E-state index in [-0.39, 0.29) is 12.5 Å². The molecule has 0 heterocycles. The highest BCUT2D eigenvalue weighted by molar-refractivity contribution is 5.83. The van der Waals surface area contributed by atoms with Gasteiger partial charge in [-0.2, -0.15) is 5.10 Å². The Kier molecular flexibility index (Phi) is 7.68. The zero-order chi connectivity index (χ0) is 18.8. The third-order valence-corrected chi connectivity index (χ3v) is 4.02. The van der Waals surface area contributed by atoms with Crippen LogP contribution in [0.15, 0.2) is 53.6 Å². The number of hydrogen-bond donors (Lipinski definition) is 1. The third-order valence-electron chi connectivity index (χ3n) is 4.02. The van der Waals surface area contributed by atoms with Crippen LogP contribution in [0.1, 0.15) is 44.2 Å². The third kappa shape index (κ3) is 5.92. The number of hydrazone groups is 1. The molecule has 1 N–H and O–H groups in total. The zero-order valence-corrected chi connectivity index (χ0v) is 15.6. The number of para-hydroxylation sites is 1. The molecular formula is C21H26N2O3. The lowest BCUT2D eigenvalue weighted by molar-refractivity contribution is -0.123. The van der Waals surface area contributed by atoms with Crippen molar-refractivity contribution in [3.8, 4) is 11.5 Å². The Labute approximate surface area is 155 Å². The van der Waals surface area contributed by atoms with E-state index in [9.17, 15) is 4.79 Å². The first-order chi connectivity index (χ1) is 12.6. The van der Waals surface area contributed by atoms with Crippen LogP contribution >= 0.6 is 0 Å². The van der Waals surface area contributed by atoms with E-state index >= 15 is 0 Å². The highest BCUT2D eigenvalue weighted by Gasteiger charge is 2.10. The number of hydrogen-bond acceptors (Lipinski definition) is 4. The van der Waals surface area contributed by atoms with Crippen molar-refractivity contribution in [2.24, 2.45) is 5.10 Å². The largest absolute Gasteiger partial charge is 0.494 e. The second-order valence-electron chi connectivity index (χ2n) is 5.93. The fraction of sp³-hybridized carbons (Fsp3) is 0.333. The van der Waals surface area contributed by atoms with Gasteiger partial charge in [-0.05, 0) is 60.7 Å². The Morgan fingerprint density at radius 3 is 2.54 bits per heavy atom. The molecule has 5 heteroatoms. The Morgan fingerprint density at radius 2 is 1.85 bits per heavy atom. The number of benzene rings is 2. The molecule has 5 nitrogen and oxygen atoms in total. The molecule has 2 rings (SSSR count). The van der Waals surface area contributed by atoms with Crippen LogP contribution in [0.25, 0.3) is 0 Å². The van der Waals surface area contributed by atoms with Crippen molar-refractivity contribution in [3.63, 3.8) is 0 Å². The van der Waals surface area contributed by atoms with Crippen LogP contribution in [0.5, 0.6) is 11.5 Å². The van der Waals surface area contributed by atoms with Crippen LogP contribution < -0.4 is 14.9 Å². The maximum Gasteiger partial charge on any atom is 0.277 e. The molecule has 0 saturated heterocycles. The van der Waals surface area contributed by atoms with E-state index in [0.29, 0.717) is 12.5 Å². The van der Waals surface area contributed by atoms with Gasteiger partial charge in [0.25, 0.3) is 5.91 Å². The minimum Gasteiger partial charge on any atom is -0.494 e. The van der Waals surface area contributed by atoms with Gasteiger partial charge in [0.2, 0.25) is 0 Å². The van der Waals surface area contributed by atoms with Gasteiger partial charge in [-0.25, -0.2) is 5.43 Å². The average molecular weight is 354 g/mol. The fourth-order valence-corrected chi connectivity index (χ4v) is 2.41. The fourth-order valence-electron chi connectivity index (χ4n) is 2.41. The van der Waals surface area contributed by atoms with Gasteiger partial charge in [-0.3, -0.25) is 4.79 Å². The molecule has 0 aliphatic rings. The molecule has 2 aromatic carbocycles. The van der Waals surface area contributed by atoms with Crippen LogP contribution in [0, 0.1) is 0 Å². The van der Waals surface area contributed by atoms with Crippen LogP contribution in [0.3, 0.4) is 0 Å². The molecule has 0 radical (unpaired) electrons. The van der Waals surface area contributed by atoms with E-state index in [2.05, 4.69) is 24.4 Å². The Morgan fingerprint density at radius 1 is 1.12 bits per heavy atom. The van der Waals surface area contributed by atoms with E-state index in [4.69, 9.17) is 9.47 Å². The molecule has 0 aliphatic heterocycles. The number of nitrogens with one attached hydrogen (secondary N) is 1. The van der Waals surface area contributed by atoms with Crippen molar-refractivity contribution in [1.29, 1.82) is 0 Å². The average Bonchev–Trinajstić information content (AvgIpc) is 2.67. The summed E-state index contributed by atoms with van der Waals surface area (Å²) in [5.41, 5.74) is 4.46. The lowest BCUT2D eigenvalue weighted by Gasteiger charge is -2.15. The Hall–Kier alpha value is -2.82. The van der Waals surface area contributed by atoms with Crippen molar-refractivity contribution in [3.05, 3.63) is 59.7 Å². The van der Waals surface area contributed by atoms with Crippen LogP contribution in [0.4, 0.5) is 0 Å². The molecule has 0 bridgehead atoms. The summed E-state index contributed by atoms with van der Waals surface area (Å²) in [5.74, 6) is 1.63. The van der Waals surface area contributed by atoms with Gasteiger partial charge in [0.1, 0.15) is 11.5 Å². The van der Waals surface area contributed by atoms with Gasteiger partial charge in [-0.1, -0.05) is 32.0 Å². The Balaban J connectivity index is 1.84. The van der Waals surface area contributed by atoms with Gasteiger partial charge in [0, 0.05) is 0 Å². The summed E-state index contributed by atoms with van der Waals surface area (Å²) in [6.45, 7) is 6.76. The first-order valence-electron chi connectivity index (χ1n) is 8.90. The SMILES string of the molecule is CCOc1ccc(C=NNC(=O)COc2ccccc2C(C)CC)cc1. The smallest absolute Gasteiger partial charge is 0.277 e. The quantitative estimate of drug-likeness (QED) is 0.544. The molecule has 1 atom stereocenters. The number of amides is 1. The second-order valence-corrected chi connectivity index (χ2v) is 5.93. The minimum atomic E-state index is -0.300. The van der Waals surface area contributed by atoms with Crippen LogP contribution in [-0.4, -0.2) is 25.3 Å². The van der Waals surface area contributed by atoms with E-state index in [0.717, 1.165) is 29.0 Å². The summed E-state index contributed by atoms with van der Waals surface area (Å²) in [7, 11) is 0. The minimum absolute atomic E-state index is 0.0753. The zero-order valence-electron chi connectivity index (χ0n) is 15.6. The number of ether oxygens (including phenoxy) is 2. The standard InChI is InChI=1S/C21H26N2O3/c1-4-16(3)19-8-6-7-9-20(19)26-15-21(24)23-22-14-17-10-12-18(13-11-17)25-5-2/h6-14,16H,4-5,15H2,1-3H3,(H,23,24). The van der Waals surface area contributed by atoms with Gasteiger partial charge in [-0.15, -0.1) is 0 Å². The van der Waals surface area contributed by atoms with Crippen LogP contribution in [-0.2, 0) is 4.79 Å². The predicted molar refractivity (Wildman–Crippen MR) is 104 cm³/mol. The molecule has 0 spiro atoms. The molecule has 0 fully saturated rings. The lowest BCUT2D eigenvalue weighted by atomic mass is 9.98. The maximum atomic E-state index is 11.9. The number of rotatable bonds is 9. The first-order valence-corrected chi connectivity index (χ1v) is 8.90. The number of carbonyl (C=O) groups excluding carboxylic acids is 1. The van der Waals surface area contributed by atoms with Gasteiger partial charge in [0.05, 0.1) is 12.8 Å². The molecule has 2 aromatic rings. The summed E-state index contributed by atoms with van der Waals surface area (Å²) in [6.07, 6.45) is 2.60. The van der Waals surface area contributed by atoms with Crippen molar-refractivity contribution in [2.75, 3.05) is 13.2 Å². The highest BCUT2D eigenvalue weighted by Crippen LogP contribution is 2.28. The topological polar surface area (TPSA) is 59.9 Å².